The van der Waals surface area contributed by atoms with Crippen molar-refractivity contribution < 1.29 is 38.8 Å². The first-order chi connectivity index (χ1) is 16.1. The van der Waals surface area contributed by atoms with Crippen molar-refractivity contribution in [2.24, 2.45) is 0 Å². The molecule has 2 aromatic carbocycles. The second-order valence-corrected chi connectivity index (χ2v) is 12.2. The van der Waals surface area contributed by atoms with E-state index in [9.17, 15) is 21.4 Å². The molecule has 0 aliphatic carbocycles. The zero-order valence-electron chi connectivity index (χ0n) is 19.0. The summed E-state index contributed by atoms with van der Waals surface area (Å²) in [6, 6.07) is 10.2. The Morgan fingerprint density at radius 1 is 0.735 bits per heavy atom. The van der Waals surface area contributed by atoms with Gasteiger partial charge in [0.05, 0.1) is 0 Å². The Labute approximate surface area is 210 Å². The molecule has 0 amide bonds. The summed E-state index contributed by atoms with van der Waals surface area (Å²) in [5, 5.41) is 0. The Kier molecular flexibility index (Phi) is 11.5. The molecule has 14 heteroatoms. The largest absolute Gasteiger partial charge is 0.702 e. The Morgan fingerprint density at radius 3 is 1.44 bits per heavy atom. The summed E-state index contributed by atoms with van der Waals surface area (Å²) >= 11 is 2.50. The van der Waals surface area contributed by atoms with Crippen LogP contribution in [0.5, 0.6) is 0 Å². The lowest BCUT2D eigenvalue weighted by atomic mass is 10.2. The van der Waals surface area contributed by atoms with Gasteiger partial charge in [0.1, 0.15) is 9.79 Å². The second kappa shape index (κ2) is 13.3. The van der Waals surface area contributed by atoms with Crippen LogP contribution in [-0.4, -0.2) is 42.9 Å². The standard InChI is InChI=1S/C20H26O9PS4/c1-5-15-9-7-11-17(31-3)19(15)33(22,23)28-13-26-30(21)27-14-29-34(24,25)20-16(6-2)10-8-12-18(20)32-4/h7-12H,5-6,13-14H2,1-4H3/q+1. The summed E-state index contributed by atoms with van der Waals surface area (Å²) in [5.74, 6) is 0. The van der Waals surface area contributed by atoms with Gasteiger partial charge < -0.3 is 0 Å². The van der Waals surface area contributed by atoms with Crippen molar-refractivity contribution in [2.75, 3.05) is 26.1 Å². The normalized spacial score (nSPS) is 12.1. The summed E-state index contributed by atoms with van der Waals surface area (Å²) in [4.78, 5) is 1.07. The predicted molar refractivity (Wildman–Crippen MR) is 131 cm³/mol. The van der Waals surface area contributed by atoms with Crippen LogP contribution in [0.3, 0.4) is 0 Å². The molecule has 34 heavy (non-hydrogen) atoms. The maximum absolute atomic E-state index is 12.6. The van der Waals surface area contributed by atoms with Crippen molar-refractivity contribution in [1.29, 1.82) is 0 Å². The van der Waals surface area contributed by atoms with E-state index in [2.05, 4.69) is 0 Å². The van der Waals surface area contributed by atoms with Gasteiger partial charge in [-0.15, -0.1) is 23.5 Å². The van der Waals surface area contributed by atoms with E-state index in [-0.39, 0.29) is 9.79 Å². The van der Waals surface area contributed by atoms with Crippen molar-refractivity contribution in [3.63, 3.8) is 0 Å². The topological polar surface area (TPSA) is 122 Å². The lowest BCUT2D eigenvalue weighted by Gasteiger charge is -2.12. The van der Waals surface area contributed by atoms with E-state index in [1.807, 2.05) is 13.8 Å². The van der Waals surface area contributed by atoms with E-state index in [0.717, 1.165) is 0 Å². The highest BCUT2D eigenvalue weighted by Crippen LogP contribution is 2.32. The first kappa shape index (κ1) is 29.2. The molecule has 0 unspecified atom stereocenters. The van der Waals surface area contributed by atoms with E-state index >= 15 is 0 Å². The molecule has 0 saturated heterocycles. The molecule has 0 radical (unpaired) electrons. The maximum Gasteiger partial charge on any atom is 0.702 e. The zero-order valence-corrected chi connectivity index (χ0v) is 23.2. The Bertz CT molecular complexity index is 1080. The fourth-order valence-corrected chi connectivity index (χ4v) is 7.93. The van der Waals surface area contributed by atoms with E-state index in [4.69, 9.17) is 17.4 Å². The van der Waals surface area contributed by atoms with Crippen molar-refractivity contribution >= 4 is 52.0 Å². The first-order valence-corrected chi connectivity index (χ1v) is 16.3. The maximum atomic E-state index is 12.6. The smallest absolute Gasteiger partial charge is 0.232 e. The summed E-state index contributed by atoms with van der Waals surface area (Å²) in [7, 11) is -11.3. The number of benzene rings is 2. The van der Waals surface area contributed by atoms with Crippen LogP contribution in [0, 0.1) is 0 Å². The summed E-state index contributed by atoms with van der Waals surface area (Å²) in [6.07, 6.45) is 4.42. The van der Waals surface area contributed by atoms with Crippen molar-refractivity contribution in [2.45, 2.75) is 46.3 Å². The third-order valence-electron chi connectivity index (χ3n) is 4.55. The molecule has 0 saturated carbocycles. The van der Waals surface area contributed by atoms with Crippen LogP contribution < -0.4 is 0 Å². The molecule has 0 spiro atoms. The summed E-state index contributed by atoms with van der Waals surface area (Å²) in [6.45, 7) is 1.86. The van der Waals surface area contributed by atoms with Crippen LogP contribution >= 0.6 is 31.8 Å². The molecule has 0 aromatic heterocycles. The van der Waals surface area contributed by atoms with Gasteiger partial charge in [0, 0.05) is 14.4 Å². The molecule has 0 N–H and O–H groups in total. The molecule has 0 bridgehead atoms. The van der Waals surface area contributed by atoms with E-state index < -0.39 is 42.1 Å². The van der Waals surface area contributed by atoms with E-state index in [1.54, 1.807) is 48.9 Å². The molecular formula is C20H26O9PS4+. The number of thioether (sulfide) groups is 2. The Morgan fingerprint density at radius 2 is 1.12 bits per heavy atom. The lowest BCUT2D eigenvalue weighted by Crippen LogP contribution is -2.13. The van der Waals surface area contributed by atoms with Crippen LogP contribution in [0.4, 0.5) is 0 Å². The minimum atomic E-state index is -4.20. The number of hydrogen-bond acceptors (Lipinski definition) is 11. The van der Waals surface area contributed by atoms with Gasteiger partial charge >= 0.3 is 28.5 Å². The zero-order chi connectivity index (χ0) is 25.4. The van der Waals surface area contributed by atoms with E-state index in [0.29, 0.717) is 33.8 Å². The average Bonchev–Trinajstić information content (AvgIpc) is 2.82. The third kappa shape index (κ3) is 7.49. The highest BCUT2D eigenvalue weighted by molar-refractivity contribution is 7.99. The molecule has 0 aliphatic rings. The molecule has 0 fully saturated rings. The van der Waals surface area contributed by atoms with Crippen LogP contribution in [0.1, 0.15) is 25.0 Å². The fraction of sp³-hybridized carbons (Fsp3) is 0.400. The van der Waals surface area contributed by atoms with Gasteiger partial charge in [-0.25, -0.2) is 8.37 Å². The molecule has 0 aliphatic heterocycles. The van der Waals surface area contributed by atoms with Gasteiger partial charge in [-0.3, -0.25) is 0 Å². The van der Waals surface area contributed by atoms with Crippen LogP contribution in [0.2, 0.25) is 0 Å². The van der Waals surface area contributed by atoms with Crippen LogP contribution in [0.15, 0.2) is 56.0 Å². The molecule has 188 valence electrons. The summed E-state index contributed by atoms with van der Waals surface area (Å²) in [5.41, 5.74) is 1.14. The molecule has 2 aromatic rings. The predicted octanol–water partition coefficient (Wildman–Crippen LogP) is 4.97. The quantitative estimate of drug-likeness (QED) is 0.133. The molecular weight excluding hydrogens is 543 g/mol. The Balaban J connectivity index is 1.95. The number of aryl methyl sites for hydroxylation is 2. The molecule has 0 atom stereocenters. The van der Waals surface area contributed by atoms with Gasteiger partial charge in [0.15, 0.2) is 0 Å². The van der Waals surface area contributed by atoms with Gasteiger partial charge in [0.25, 0.3) is 0 Å². The van der Waals surface area contributed by atoms with Crippen molar-refractivity contribution in [3.05, 3.63) is 47.5 Å². The highest BCUT2D eigenvalue weighted by Gasteiger charge is 2.29. The Hall–Kier alpha value is -1.02. The van der Waals surface area contributed by atoms with Gasteiger partial charge in [-0.1, -0.05) is 47.2 Å². The average molecular weight is 570 g/mol. The second-order valence-electron chi connectivity index (χ2n) is 6.47. The van der Waals surface area contributed by atoms with Crippen molar-refractivity contribution in [3.8, 4) is 0 Å². The fourth-order valence-electron chi connectivity index (χ4n) is 2.98. The minimum absolute atomic E-state index is 0.0263. The van der Waals surface area contributed by atoms with Crippen molar-refractivity contribution in [1.82, 2.24) is 0 Å². The first-order valence-electron chi connectivity index (χ1n) is 9.94. The number of hydrogen-bond donors (Lipinski definition) is 0. The monoisotopic (exact) mass is 569 g/mol. The molecule has 0 heterocycles. The van der Waals surface area contributed by atoms with E-state index in [1.165, 1.54) is 23.5 Å². The third-order valence-corrected chi connectivity index (χ3v) is 9.77. The molecule has 2 rings (SSSR count). The summed E-state index contributed by atoms with van der Waals surface area (Å²) < 4.78 is 81.7. The highest BCUT2D eigenvalue weighted by atomic mass is 32.2. The van der Waals surface area contributed by atoms with Crippen LogP contribution in [0.25, 0.3) is 0 Å². The lowest BCUT2D eigenvalue weighted by molar-refractivity contribution is 0.0752. The molecule has 9 nitrogen and oxygen atoms in total. The van der Waals surface area contributed by atoms with Crippen LogP contribution in [-0.2, 0) is 55.1 Å². The van der Waals surface area contributed by atoms with Gasteiger partial charge in [-0.2, -0.15) is 16.8 Å². The van der Waals surface area contributed by atoms with Gasteiger partial charge in [-0.05, 0) is 48.6 Å². The van der Waals surface area contributed by atoms with Gasteiger partial charge in [0.2, 0.25) is 13.6 Å². The minimum Gasteiger partial charge on any atom is -0.232 e. The number of rotatable bonds is 14. The SMILES string of the molecule is CCc1cccc(SC)c1S(=O)(=O)OCO[P+](=O)OCOS(=O)(=O)c1c(CC)cccc1SC.